The quantitative estimate of drug-likeness (QED) is 0.850. The molecule has 1 aromatic rings. The molecule has 0 atom stereocenters. The molecule has 1 N–H and O–H groups in total. The molecular formula is C16H24N2O. The lowest BCUT2D eigenvalue weighted by Gasteiger charge is -2.26. The highest BCUT2D eigenvalue weighted by molar-refractivity contribution is 5.50. The Morgan fingerprint density at radius 3 is 2.63 bits per heavy atom. The van der Waals surface area contributed by atoms with Gasteiger partial charge in [-0.25, -0.2) is 0 Å². The van der Waals surface area contributed by atoms with Crippen molar-refractivity contribution < 1.29 is 4.74 Å². The van der Waals surface area contributed by atoms with E-state index < -0.39 is 0 Å². The largest absolute Gasteiger partial charge is 0.494 e. The van der Waals surface area contributed by atoms with Gasteiger partial charge < -0.3 is 15.0 Å². The summed E-state index contributed by atoms with van der Waals surface area (Å²) >= 11 is 0. The number of piperazine rings is 1. The number of benzene rings is 1. The lowest BCUT2D eigenvalue weighted by Crippen LogP contribution is -2.43. The van der Waals surface area contributed by atoms with E-state index in [0.717, 1.165) is 38.4 Å². The highest BCUT2D eigenvalue weighted by Crippen LogP contribution is 2.13. The Morgan fingerprint density at radius 2 is 1.95 bits per heavy atom. The molecule has 1 fully saturated rings. The summed E-state index contributed by atoms with van der Waals surface area (Å²) in [7, 11) is 0. The molecule has 0 unspecified atom stereocenters. The zero-order valence-electron chi connectivity index (χ0n) is 11.8. The van der Waals surface area contributed by atoms with Crippen molar-refractivity contribution in [2.24, 2.45) is 0 Å². The Morgan fingerprint density at radius 1 is 1.21 bits per heavy atom. The minimum absolute atomic E-state index is 0.722. The third kappa shape index (κ3) is 5.05. The lowest BCUT2D eigenvalue weighted by atomic mass is 10.2. The lowest BCUT2D eigenvalue weighted by molar-refractivity contribution is 0.245. The maximum Gasteiger partial charge on any atom is 0.119 e. The number of hydrogen-bond acceptors (Lipinski definition) is 3. The van der Waals surface area contributed by atoms with Crippen LogP contribution in [0.25, 0.3) is 6.08 Å². The van der Waals surface area contributed by atoms with Gasteiger partial charge in [0.15, 0.2) is 0 Å². The first-order valence-electron chi connectivity index (χ1n) is 7.21. The van der Waals surface area contributed by atoms with E-state index in [2.05, 4.69) is 34.5 Å². The van der Waals surface area contributed by atoms with Gasteiger partial charge in [0.25, 0.3) is 0 Å². The zero-order chi connectivity index (χ0) is 13.3. The van der Waals surface area contributed by atoms with E-state index in [4.69, 9.17) is 4.74 Å². The fourth-order valence-electron chi connectivity index (χ4n) is 2.25. The molecule has 3 heteroatoms. The molecule has 0 radical (unpaired) electrons. The summed E-state index contributed by atoms with van der Waals surface area (Å²) in [5, 5.41) is 3.38. The number of rotatable bonds is 6. The van der Waals surface area contributed by atoms with Crippen molar-refractivity contribution in [1.82, 2.24) is 10.2 Å². The third-order valence-corrected chi connectivity index (χ3v) is 3.32. The highest BCUT2D eigenvalue weighted by atomic mass is 16.5. The summed E-state index contributed by atoms with van der Waals surface area (Å²) in [4.78, 5) is 2.51. The first kappa shape index (κ1) is 14.1. The van der Waals surface area contributed by atoms with Gasteiger partial charge in [0.1, 0.15) is 5.75 Å². The van der Waals surface area contributed by atoms with Gasteiger partial charge in [-0.3, -0.25) is 0 Å². The molecule has 0 bridgehead atoms. The van der Waals surface area contributed by atoms with Crippen LogP contribution in [0.3, 0.4) is 0 Å². The van der Waals surface area contributed by atoms with Crippen molar-refractivity contribution in [1.29, 1.82) is 0 Å². The van der Waals surface area contributed by atoms with E-state index >= 15 is 0 Å². The Labute approximate surface area is 116 Å². The van der Waals surface area contributed by atoms with Crippen LogP contribution in [0.4, 0.5) is 0 Å². The number of nitrogens with one attached hydrogen (secondary N) is 1. The van der Waals surface area contributed by atoms with Crippen LogP contribution in [0.5, 0.6) is 5.75 Å². The number of hydrogen-bond donors (Lipinski definition) is 1. The molecule has 1 aliphatic rings. The maximum atomic E-state index is 5.43. The summed E-state index contributed by atoms with van der Waals surface area (Å²) in [6.45, 7) is 8.50. The van der Waals surface area contributed by atoms with Crippen LogP contribution in [0.1, 0.15) is 18.9 Å². The van der Waals surface area contributed by atoms with Crippen molar-refractivity contribution in [2.75, 3.05) is 39.3 Å². The Balaban J connectivity index is 1.72. The molecule has 1 aliphatic heterocycles. The Kier molecular flexibility index (Phi) is 5.92. The van der Waals surface area contributed by atoms with Gasteiger partial charge in [0, 0.05) is 32.7 Å². The van der Waals surface area contributed by atoms with Crippen LogP contribution in [-0.4, -0.2) is 44.2 Å². The Bertz CT molecular complexity index is 380. The molecular weight excluding hydrogens is 236 g/mol. The van der Waals surface area contributed by atoms with Crippen LogP contribution in [0.15, 0.2) is 30.3 Å². The molecule has 0 aliphatic carbocycles. The van der Waals surface area contributed by atoms with Gasteiger partial charge in [-0.1, -0.05) is 24.3 Å². The van der Waals surface area contributed by atoms with Crippen LogP contribution in [0, 0.1) is 0 Å². The van der Waals surface area contributed by atoms with Crippen LogP contribution < -0.4 is 10.1 Å². The average molecular weight is 260 g/mol. The first-order chi connectivity index (χ1) is 9.38. The first-order valence-corrected chi connectivity index (χ1v) is 7.21. The molecule has 0 aromatic heterocycles. The minimum atomic E-state index is 0.722. The monoisotopic (exact) mass is 260 g/mol. The van der Waals surface area contributed by atoms with Gasteiger partial charge in [-0.2, -0.15) is 0 Å². The molecule has 0 saturated carbocycles. The molecule has 1 heterocycles. The molecule has 104 valence electrons. The standard InChI is InChI=1S/C16H24N2O/c1-2-19-16-8-6-15(7-9-16)5-3-4-12-18-13-10-17-11-14-18/h3,5-9,17H,2,4,10-14H2,1H3/b5-3+. The van der Waals surface area contributed by atoms with Gasteiger partial charge >= 0.3 is 0 Å². The average Bonchev–Trinajstić information content (AvgIpc) is 2.47. The van der Waals surface area contributed by atoms with Crippen molar-refractivity contribution in [3.8, 4) is 5.75 Å². The molecule has 1 saturated heterocycles. The second kappa shape index (κ2) is 7.97. The molecule has 2 rings (SSSR count). The highest BCUT2D eigenvalue weighted by Gasteiger charge is 2.07. The van der Waals surface area contributed by atoms with Gasteiger partial charge in [0.2, 0.25) is 0 Å². The Hall–Kier alpha value is -1.32. The predicted molar refractivity (Wildman–Crippen MR) is 80.6 cm³/mol. The second-order valence-electron chi connectivity index (χ2n) is 4.78. The molecule has 0 amide bonds. The van der Waals surface area contributed by atoms with E-state index in [0.29, 0.717) is 0 Å². The summed E-state index contributed by atoms with van der Waals surface area (Å²) < 4.78 is 5.43. The molecule has 19 heavy (non-hydrogen) atoms. The summed E-state index contributed by atoms with van der Waals surface area (Å²) in [5.74, 6) is 0.945. The maximum absolute atomic E-state index is 5.43. The van der Waals surface area contributed by atoms with E-state index in [-0.39, 0.29) is 0 Å². The van der Waals surface area contributed by atoms with Crippen molar-refractivity contribution in [3.05, 3.63) is 35.9 Å². The van der Waals surface area contributed by atoms with Gasteiger partial charge in [-0.15, -0.1) is 0 Å². The normalized spacial score (nSPS) is 16.9. The van der Waals surface area contributed by atoms with E-state index in [1.807, 2.05) is 19.1 Å². The summed E-state index contributed by atoms with van der Waals surface area (Å²) in [6, 6.07) is 8.26. The van der Waals surface area contributed by atoms with Crippen molar-refractivity contribution in [2.45, 2.75) is 13.3 Å². The molecule has 3 nitrogen and oxygen atoms in total. The topological polar surface area (TPSA) is 24.5 Å². The van der Waals surface area contributed by atoms with Crippen LogP contribution >= 0.6 is 0 Å². The van der Waals surface area contributed by atoms with E-state index in [9.17, 15) is 0 Å². The minimum Gasteiger partial charge on any atom is -0.494 e. The van der Waals surface area contributed by atoms with Gasteiger partial charge in [0.05, 0.1) is 6.61 Å². The van der Waals surface area contributed by atoms with E-state index in [1.165, 1.54) is 18.7 Å². The van der Waals surface area contributed by atoms with E-state index in [1.54, 1.807) is 0 Å². The second-order valence-corrected chi connectivity index (χ2v) is 4.78. The van der Waals surface area contributed by atoms with Crippen LogP contribution in [0.2, 0.25) is 0 Å². The van der Waals surface area contributed by atoms with Crippen molar-refractivity contribution in [3.63, 3.8) is 0 Å². The SMILES string of the molecule is CCOc1ccc(/C=C/CCN2CCNCC2)cc1. The van der Waals surface area contributed by atoms with Crippen LogP contribution in [-0.2, 0) is 0 Å². The van der Waals surface area contributed by atoms with Crippen molar-refractivity contribution >= 4 is 6.08 Å². The van der Waals surface area contributed by atoms with Gasteiger partial charge in [-0.05, 0) is 31.0 Å². The fourth-order valence-corrected chi connectivity index (χ4v) is 2.25. The fraction of sp³-hybridized carbons (Fsp3) is 0.500. The number of ether oxygens (including phenoxy) is 1. The smallest absolute Gasteiger partial charge is 0.119 e. The third-order valence-electron chi connectivity index (χ3n) is 3.32. The molecule has 0 spiro atoms. The zero-order valence-corrected chi connectivity index (χ0v) is 11.8. The summed E-state index contributed by atoms with van der Waals surface area (Å²) in [5.41, 5.74) is 1.24. The summed E-state index contributed by atoms with van der Waals surface area (Å²) in [6.07, 6.45) is 5.57. The number of nitrogens with zero attached hydrogens (tertiary/aromatic N) is 1. The molecule has 1 aromatic carbocycles. The predicted octanol–water partition coefficient (Wildman–Crippen LogP) is 2.39.